The van der Waals surface area contributed by atoms with Crippen molar-refractivity contribution in [2.75, 3.05) is 6.61 Å². The summed E-state index contributed by atoms with van der Waals surface area (Å²) in [5, 5.41) is 8.42. The van der Waals surface area contributed by atoms with Gasteiger partial charge in [-0.05, 0) is 24.9 Å². The average Bonchev–Trinajstić information content (AvgIpc) is 2.05. The fourth-order valence-corrected chi connectivity index (χ4v) is 4.04. The first-order chi connectivity index (χ1) is 5.79. The molecule has 0 aromatic heterocycles. The van der Waals surface area contributed by atoms with Crippen LogP contribution in [-0.4, -0.2) is 26.7 Å². The number of aliphatic carboxylic acids is 1. The second-order valence-electron chi connectivity index (χ2n) is 3.27. The fraction of sp³-hybridized carbons (Fsp3) is 0.875. The summed E-state index contributed by atoms with van der Waals surface area (Å²) in [4.78, 5) is 10.2. The number of hydrogen-bond donors (Lipinski definition) is 1. The van der Waals surface area contributed by atoms with Gasteiger partial charge in [-0.2, -0.15) is 0 Å². The van der Waals surface area contributed by atoms with Crippen molar-refractivity contribution in [2.45, 2.75) is 37.8 Å². The molecule has 70 valence electrons. The van der Waals surface area contributed by atoms with Crippen LogP contribution in [0.3, 0.4) is 0 Å². The van der Waals surface area contributed by atoms with E-state index in [1.165, 1.54) is 18.9 Å². The van der Waals surface area contributed by atoms with Gasteiger partial charge in [-0.15, -0.1) is 0 Å². The summed E-state index contributed by atoms with van der Waals surface area (Å²) in [5.41, 5.74) is 0. The lowest BCUT2D eigenvalue weighted by Gasteiger charge is -2.20. The minimum atomic E-state index is -0.948. The molecule has 1 rings (SSSR count). The molecule has 0 radical (unpaired) electrons. The lowest BCUT2D eigenvalue weighted by atomic mass is 10.3. The van der Waals surface area contributed by atoms with E-state index in [0.717, 1.165) is 19.1 Å². The zero-order valence-electron chi connectivity index (χ0n) is 7.29. The van der Waals surface area contributed by atoms with Crippen molar-refractivity contribution in [1.82, 2.24) is 0 Å². The third kappa shape index (κ3) is 3.87. The molecule has 1 atom stereocenters. The standard InChI is InChI=1S/C8H16O3Si/c9-8(10)4-3-7-12-6-2-1-5-11-12/h12H,1-7H2,(H,9,10). The lowest BCUT2D eigenvalue weighted by molar-refractivity contribution is -0.137. The summed E-state index contributed by atoms with van der Waals surface area (Å²) in [6, 6.07) is 2.30. The summed E-state index contributed by atoms with van der Waals surface area (Å²) in [5.74, 6) is -0.681. The average molecular weight is 188 g/mol. The van der Waals surface area contributed by atoms with Crippen molar-refractivity contribution in [3.05, 3.63) is 0 Å². The van der Waals surface area contributed by atoms with Crippen molar-refractivity contribution < 1.29 is 14.3 Å². The van der Waals surface area contributed by atoms with Crippen LogP contribution in [-0.2, 0) is 9.22 Å². The first-order valence-corrected chi connectivity index (χ1v) is 6.73. The Hall–Kier alpha value is -0.353. The smallest absolute Gasteiger partial charge is 0.303 e. The van der Waals surface area contributed by atoms with Gasteiger partial charge in [-0.3, -0.25) is 4.79 Å². The molecular formula is C8H16O3Si. The van der Waals surface area contributed by atoms with Crippen LogP contribution in [0.1, 0.15) is 25.7 Å². The van der Waals surface area contributed by atoms with Gasteiger partial charge in [0, 0.05) is 13.0 Å². The second kappa shape index (κ2) is 5.32. The molecule has 1 aliphatic rings. The monoisotopic (exact) mass is 188 g/mol. The van der Waals surface area contributed by atoms with E-state index in [0.29, 0.717) is 6.42 Å². The fourth-order valence-electron chi connectivity index (χ4n) is 1.52. The van der Waals surface area contributed by atoms with E-state index in [9.17, 15) is 4.79 Å². The minimum Gasteiger partial charge on any atom is -0.481 e. The maximum atomic E-state index is 10.2. The third-order valence-corrected chi connectivity index (χ3v) is 5.00. The molecule has 1 saturated heterocycles. The zero-order chi connectivity index (χ0) is 8.81. The molecule has 0 aliphatic carbocycles. The first-order valence-electron chi connectivity index (χ1n) is 4.62. The Morgan fingerprint density at radius 3 is 2.92 bits per heavy atom. The molecule has 0 bridgehead atoms. The molecule has 1 N–H and O–H groups in total. The van der Waals surface area contributed by atoms with Crippen LogP contribution in [0.25, 0.3) is 0 Å². The Balaban J connectivity index is 2.01. The van der Waals surface area contributed by atoms with Crippen LogP contribution in [0.2, 0.25) is 12.1 Å². The van der Waals surface area contributed by atoms with Gasteiger partial charge in [0.2, 0.25) is 0 Å². The van der Waals surface area contributed by atoms with Crippen LogP contribution in [0.15, 0.2) is 0 Å². The molecule has 1 fully saturated rings. The SMILES string of the molecule is O=C(O)CCC[SiH]1CCCCO1. The van der Waals surface area contributed by atoms with Crippen molar-refractivity contribution in [2.24, 2.45) is 0 Å². The molecule has 4 heteroatoms. The molecule has 1 unspecified atom stereocenters. The van der Waals surface area contributed by atoms with Crippen LogP contribution < -0.4 is 0 Å². The Morgan fingerprint density at radius 1 is 1.50 bits per heavy atom. The van der Waals surface area contributed by atoms with Gasteiger partial charge in [0.25, 0.3) is 0 Å². The van der Waals surface area contributed by atoms with Crippen LogP contribution in [0, 0.1) is 0 Å². The summed E-state index contributed by atoms with van der Waals surface area (Å²) < 4.78 is 5.61. The number of carboxylic acid groups (broad SMARTS) is 1. The normalized spacial score (nSPS) is 23.8. The Kier molecular flexibility index (Phi) is 4.32. The number of carboxylic acids is 1. The highest BCUT2D eigenvalue weighted by Gasteiger charge is 2.15. The maximum Gasteiger partial charge on any atom is 0.303 e. The van der Waals surface area contributed by atoms with Crippen molar-refractivity contribution in [1.29, 1.82) is 0 Å². The van der Waals surface area contributed by atoms with Crippen molar-refractivity contribution in [3.63, 3.8) is 0 Å². The van der Waals surface area contributed by atoms with E-state index < -0.39 is 15.0 Å². The van der Waals surface area contributed by atoms with E-state index in [2.05, 4.69) is 0 Å². The van der Waals surface area contributed by atoms with Gasteiger partial charge in [0.1, 0.15) is 0 Å². The molecular weight excluding hydrogens is 172 g/mol. The molecule has 0 aromatic carbocycles. The van der Waals surface area contributed by atoms with E-state index in [1.54, 1.807) is 0 Å². The molecule has 0 saturated carbocycles. The first kappa shape index (κ1) is 9.73. The second-order valence-corrected chi connectivity index (χ2v) is 6.01. The van der Waals surface area contributed by atoms with Gasteiger partial charge in [-0.25, -0.2) is 0 Å². The van der Waals surface area contributed by atoms with Gasteiger partial charge in [0.05, 0.1) is 0 Å². The molecule has 0 spiro atoms. The van der Waals surface area contributed by atoms with E-state index >= 15 is 0 Å². The van der Waals surface area contributed by atoms with Gasteiger partial charge in [-0.1, -0.05) is 6.42 Å². The van der Waals surface area contributed by atoms with E-state index in [-0.39, 0.29) is 0 Å². The molecule has 0 aromatic rings. The summed E-state index contributed by atoms with van der Waals surface area (Å²) in [7, 11) is -0.948. The number of rotatable bonds is 4. The minimum absolute atomic E-state index is 0.312. The Morgan fingerprint density at radius 2 is 2.33 bits per heavy atom. The lowest BCUT2D eigenvalue weighted by Crippen LogP contribution is -2.22. The Bertz CT molecular complexity index is 143. The third-order valence-electron chi connectivity index (χ3n) is 2.19. The topological polar surface area (TPSA) is 46.5 Å². The summed E-state index contributed by atoms with van der Waals surface area (Å²) in [6.07, 6.45) is 3.62. The van der Waals surface area contributed by atoms with Gasteiger partial charge >= 0.3 is 5.97 Å². The van der Waals surface area contributed by atoms with Crippen LogP contribution in [0.5, 0.6) is 0 Å². The largest absolute Gasteiger partial charge is 0.481 e. The highest BCUT2D eigenvalue weighted by molar-refractivity contribution is 6.51. The van der Waals surface area contributed by atoms with E-state index in [1.807, 2.05) is 0 Å². The Labute approximate surface area is 74.5 Å². The predicted octanol–water partition coefficient (Wildman–Crippen LogP) is 1.39. The number of carbonyl (C=O) groups is 1. The quantitative estimate of drug-likeness (QED) is 0.678. The predicted molar refractivity (Wildman–Crippen MR) is 48.8 cm³/mol. The summed E-state index contributed by atoms with van der Waals surface area (Å²) in [6.45, 7) is 0.921. The summed E-state index contributed by atoms with van der Waals surface area (Å²) >= 11 is 0. The highest BCUT2D eigenvalue weighted by Crippen LogP contribution is 2.16. The zero-order valence-corrected chi connectivity index (χ0v) is 8.45. The molecule has 3 nitrogen and oxygen atoms in total. The molecule has 12 heavy (non-hydrogen) atoms. The maximum absolute atomic E-state index is 10.2. The van der Waals surface area contributed by atoms with Gasteiger partial charge < -0.3 is 9.53 Å². The number of hydrogen-bond acceptors (Lipinski definition) is 2. The van der Waals surface area contributed by atoms with Crippen LogP contribution >= 0.6 is 0 Å². The van der Waals surface area contributed by atoms with Crippen molar-refractivity contribution in [3.8, 4) is 0 Å². The van der Waals surface area contributed by atoms with Gasteiger partial charge in [0.15, 0.2) is 9.04 Å². The molecule has 0 amide bonds. The molecule has 1 aliphatic heterocycles. The van der Waals surface area contributed by atoms with E-state index in [4.69, 9.17) is 9.53 Å². The van der Waals surface area contributed by atoms with Crippen molar-refractivity contribution >= 4 is 15.0 Å². The molecule has 1 heterocycles. The van der Waals surface area contributed by atoms with Crippen LogP contribution in [0.4, 0.5) is 0 Å². The highest BCUT2D eigenvalue weighted by atomic mass is 28.3.